The van der Waals surface area contributed by atoms with Gasteiger partial charge in [-0.15, -0.1) is 0 Å². The average molecular weight is 258 g/mol. The monoisotopic (exact) mass is 258 g/mol. The maximum Gasteiger partial charge on any atom is 0.167 e. The number of rotatable bonds is 8. The van der Waals surface area contributed by atoms with Gasteiger partial charge < -0.3 is 25.6 Å². The molecule has 0 saturated heterocycles. The molecule has 0 atom stereocenters. The number of anilines is 2. The lowest BCUT2D eigenvalue weighted by molar-refractivity contribution is 0.0992. The molecular weight excluding hydrogens is 239 g/mol. The van der Waals surface area contributed by atoms with Crippen molar-refractivity contribution in [2.45, 2.75) is 6.92 Å². The number of hydrogen-bond donors (Lipinski definition) is 3. The summed E-state index contributed by atoms with van der Waals surface area (Å²) in [7, 11) is 0. The van der Waals surface area contributed by atoms with Gasteiger partial charge in [0, 0.05) is 18.7 Å². The van der Waals surface area contributed by atoms with Crippen molar-refractivity contribution in [2.75, 3.05) is 44.0 Å². The summed E-state index contributed by atoms with van der Waals surface area (Å²) >= 11 is 0. The van der Waals surface area contributed by atoms with Crippen molar-refractivity contribution >= 4 is 11.4 Å². The van der Waals surface area contributed by atoms with Crippen LogP contribution in [0.5, 0.6) is 5.75 Å². The van der Waals surface area contributed by atoms with Crippen molar-refractivity contribution < 1.29 is 19.0 Å². The van der Waals surface area contributed by atoms with Crippen molar-refractivity contribution in [1.82, 2.24) is 0 Å². The second-order valence-corrected chi connectivity index (χ2v) is 3.57. The van der Waals surface area contributed by atoms with Crippen molar-refractivity contribution in [1.29, 1.82) is 0 Å². The molecule has 0 aliphatic rings. The van der Waals surface area contributed by atoms with Crippen LogP contribution in [-0.2, 0) is 4.74 Å². The molecule has 0 spiro atoms. The lowest BCUT2D eigenvalue weighted by Crippen LogP contribution is -2.12. The Morgan fingerprint density at radius 1 is 1.39 bits per heavy atom. The van der Waals surface area contributed by atoms with Crippen LogP contribution in [0.15, 0.2) is 12.1 Å². The topological polar surface area (TPSA) is 76.7 Å². The number of benzene rings is 1. The van der Waals surface area contributed by atoms with Crippen LogP contribution in [0.25, 0.3) is 0 Å². The first-order chi connectivity index (χ1) is 8.69. The number of nitrogens with two attached hydrogens (primary N) is 1. The van der Waals surface area contributed by atoms with Crippen LogP contribution in [-0.4, -0.2) is 38.1 Å². The Morgan fingerprint density at radius 2 is 2.17 bits per heavy atom. The molecule has 0 unspecified atom stereocenters. The standard InChI is InChI=1S/C12H19FN2O3/c1-2-18-12-8-11(10(14)7-9(12)13)15-3-5-17-6-4-16/h7-8,15-16H,2-6,14H2,1H3. The molecule has 0 aromatic heterocycles. The quantitative estimate of drug-likeness (QED) is 0.483. The van der Waals surface area contributed by atoms with Gasteiger partial charge in [-0.05, 0) is 6.92 Å². The van der Waals surface area contributed by atoms with Gasteiger partial charge in [0.25, 0.3) is 0 Å². The highest BCUT2D eigenvalue weighted by molar-refractivity contribution is 5.68. The molecule has 1 rings (SSSR count). The number of ether oxygens (including phenoxy) is 2. The fraction of sp³-hybridized carbons (Fsp3) is 0.500. The summed E-state index contributed by atoms with van der Waals surface area (Å²) < 4.78 is 23.7. The molecule has 18 heavy (non-hydrogen) atoms. The van der Waals surface area contributed by atoms with Crippen molar-refractivity contribution in [3.05, 3.63) is 17.9 Å². The van der Waals surface area contributed by atoms with Gasteiger partial charge in [0.2, 0.25) is 0 Å². The van der Waals surface area contributed by atoms with E-state index in [9.17, 15) is 4.39 Å². The number of aliphatic hydroxyl groups is 1. The number of nitrogens with one attached hydrogen (secondary N) is 1. The minimum atomic E-state index is -0.476. The maximum absolute atomic E-state index is 13.4. The summed E-state index contributed by atoms with van der Waals surface area (Å²) in [6, 6.07) is 2.75. The normalized spacial score (nSPS) is 10.4. The summed E-state index contributed by atoms with van der Waals surface area (Å²) in [5.41, 5.74) is 6.61. The minimum absolute atomic E-state index is 0.00677. The largest absolute Gasteiger partial charge is 0.491 e. The molecular formula is C12H19FN2O3. The van der Waals surface area contributed by atoms with Gasteiger partial charge in [0.1, 0.15) is 0 Å². The van der Waals surface area contributed by atoms with Gasteiger partial charge in [0.15, 0.2) is 11.6 Å². The van der Waals surface area contributed by atoms with Crippen molar-refractivity contribution in [3.63, 3.8) is 0 Å². The molecule has 0 aliphatic carbocycles. The lowest BCUT2D eigenvalue weighted by atomic mass is 10.2. The van der Waals surface area contributed by atoms with E-state index in [1.165, 1.54) is 12.1 Å². The van der Waals surface area contributed by atoms with E-state index in [2.05, 4.69) is 5.32 Å². The summed E-state index contributed by atoms with van der Waals surface area (Å²) in [6.45, 7) is 3.41. The van der Waals surface area contributed by atoms with Crippen LogP contribution in [0.3, 0.4) is 0 Å². The van der Waals surface area contributed by atoms with E-state index in [0.717, 1.165) is 0 Å². The van der Waals surface area contributed by atoms with Gasteiger partial charge in [-0.2, -0.15) is 0 Å². The highest BCUT2D eigenvalue weighted by Crippen LogP contribution is 2.28. The predicted molar refractivity (Wildman–Crippen MR) is 68.4 cm³/mol. The maximum atomic E-state index is 13.4. The van der Waals surface area contributed by atoms with Crippen LogP contribution >= 0.6 is 0 Å². The number of hydrogen-bond acceptors (Lipinski definition) is 5. The highest BCUT2D eigenvalue weighted by atomic mass is 19.1. The molecule has 0 heterocycles. The zero-order valence-electron chi connectivity index (χ0n) is 10.4. The van der Waals surface area contributed by atoms with Crippen LogP contribution in [0.2, 0.25) is 0 Å². The third-order valence-electron chi connectivity index (χ3n) is 2.20. The van der Waals surface area contributed by atoms with Crippen LogP contribution in [0.4, 0.5) is 15.8 Å². The van der Waals surface area contributed by atoms with E-state index < -0.39 is 5.82 Å². The molecule has 0 radical (unpaired) electrons. The molecule has 5 nitrogen and oxygen atoms in total. The summed E-state index contributed by atoms with van der Waals surface area (Å²) in [5, 5.41) is 11.5. The fourth-order valence-electron chi connectivity index (χ4n) is 1.41. The third-order valence-corrected chi connectivity index (χ3v) is 2.20. The molecule has 6 heteroatoms. The number of nitrogen functional groups attached to an aromatic ring is 1. The van der Waals surface area contributed by atoms with Gasteiger partial charge in [-0.1, -0.05) is 0 Å². The van der Waals surface area contributed by atoms with E-state index in [4.69, 9.17) is 20.3 Å². The first kappa shape index (κ1) is 14.5. The van der Waals surface area contributed by atoms with Gasteiger partial charge in [0.05, 0.1) is 37.8 Å². The predicted octanol–water partition coefficient (Wildman–Crippen LogP) is 1.23. The molecule has 0 fully saturated rings. The first-order valence-electron chi connectivity index (χ1n) is 5.83. The second kappa shape index (κ2) is 7.73. The molecule has 0 bridgehead atoms. The molecule has 102 valence electrons. The summed E-state index contributed by atoms with van der Waals surface area (Å²) in [6.07, 6.45) is 0. The van der Waals surface area contributed by atoms with Crippen LogP contribution < -0.4 is 15.8 Å². The SMILES string of the molecule is CCOc1cc(NCCOCCO)c(N)cc1F. The molecule has 0 aliphatic heterocycles. The average Bonchev–Trinajstić information content (AvgIpc) is 2.34. The molecule has 4 N–H and O–H groups in total. The van der Waals surface area contributed by atoms with E-state index in [-0.39, 0.29) is 12.4 Å². The Morgan fingerprint density at radius 3 is 2.83 bits per heavy atom. The molecule has 1 aromatic rings. The zero-order valence-corrected chi connectivity index (χ0v) is 10.4. The Hall–Kier alpha value is -1.53. The fourth-order valence-corrected chi connectivity index (χ4v) is 1.41. The number of aliphatic hydroxyl groups excluding tert-OH is 1. The number of halogens is 1. The zero-order chi connectivity index (χ0) is 13.4. The summed E-state index contributed by atoms with van der Waals surface area (Å²) in [4.78, 5) is 0. The van der Waals surface area contributed by atoms with E-state index in [0.29, 0.717) is 37.7 Å². The Labute approximate surface area is 106 Å². The Kier molecular flexibility index (Phi) is 6.24. The highest BCUT2D eigenvalue weighted by Gasteiger charge is 2.08. The van der Waals surface area contributed by atoms with Gasteiger partial charge in [-0.3, -0.25) is 0 Å². The van der Waals surface area contributed by atoms with E-state index in [1.807, 2.05) is 0 Å². The Bertz CT molecular complexity index is 375. The molecule has 0 saturated carbocycles. The minimum Gasteiger partial charge on any atom is -0.491 e. The van der Waals surface area contributed by atoms with Crippen LogP contribution in [0.1, 0.15) is 6.92 Å². The third kappa shape index (κ3) is 4.38. The summed E-state index contributed by atoms with van der Waals surface area (Å²) in [5.74, 6) is -0.304. The van der Waals surface area contributed by atoms with Crippen molar-refractivity contribution in [3.8, 4) is 5.75 Å². The van der Waals surface area contributed by atoms with Crippen LogP contribution in [0, 0.1) is 5.82 Å². The van der Waals surface area contributed by atoms with Crippen molar-refractivity contribution in [2.24, 2.45) is 0 Å². The Balaban J connectivity index is 2.56. The first-order valence-corrected chi connectivity index (χ1v) is 5.83. The lowest BCUT2D eigenvalue weighted by Gasteiger charge is -2.12. The molecule has 1 aromatic carbocycles. The molecule has 0 amide bonds. The smallest absolute Gasteiger partial charge is 0.167 e. The van der Waals surface area contributed by atoms with E-state index in [1.54, 1.807) is 6.92 Å². The van der Waals surface area contributed by atoms with Gasteiger partial charge in [-0.25, -0.2) is 4.39 Å². The second-order valence-electron chi connectivity index (χ2n) is 3.57. The van der Waals surface area contributed by atoms with E-state index >= 15 is 0 Å². The van der Waals surface area contributed by atoms with Gasteiger partial charge >= 0.3 is 0 Å².